The highest BCUT2D eigenvalue weighted by molar-refractivity contribution is 6.76. The summed E-state index contributed by atoms with van der Waals surface area (Å²) in [6.45, 7) is 7.95. The topological polar surface area (TPSA) is 21.3 Å². The van der Waals surface area contributed by atoms with Crippen molar-refractivity contribution in [1.29, 1.82) is 0 Å². The molecule has 0 radical (unpaired) electrons. The van der Waals surface area contributed by atoms with Gasteiger partial charge in [-0.1, -0.05) is 43.9 Å². The fourth-order valence-corrected chi connectivity index (χ4v) is 2.52. The van der Waals surface area contributed by atoms with Gasteiger partial charge in [0.1, 0.15) is 0 Å². The Hall–Kier alpha value is -0.803. The highest BCUT2D eigenvalue weighted by atomic mass is 28.3. The molecule has 0 heterocycles. The molecule has 0 unspecified atom stereocenters. The average molecular weight is 223 g/mol. The van der Waals surface area contributed by atoms with E-state index >= 15 is 0 Å². The van der Waals surface area contributed by atoms with Crippen LogP contribution in [0.2, 0.25) is 25.7 Å². The van der Waals surface area contributed by atoms with Crippen molar-refractivity contribution < 1.29 is 4.84 Å². The Morgan fingerprint density at radius 3 is 2.40 bits per heavy atom. The summed E-state index contributed by atoms with van der Waals surface area (Å²) in [5, 5.41) is 0. The van der Waals surface area contributed by atoms with E-state index < -0.39 is 8.07 Å². The molecule has 0 aliphatic rings. The third-order valence-corrected chi connectivity index (χ3v) is 3.99. The monoisotopic (exact) mass is 223 g/mol. The van der Waals surface area contributed by atoms with Crippen molar-refractivity contribution in [2.24, 2.45) is 0 Å². The number of para-hydroxylation sites is 1. The lowest BCUT2D eigenvalue weighted by molar-refractivity contribution is 0.194. The zero-order valence-electron chi connectivity index (χ0n) is 9.92. The van der Waals surface area contributed by atoms with Gasteiger partial charge in [0.25, 0.3) is 0 Å². The summed E-state index contributed by atoms with van der Waals surface area (Å²) in [4.78, 5) is 5.39. The quantitative estimate of drug-likeness (QED) is 0.450. The van der Waals surface area contributed by atoms with E-state index in [0.717, 1.165) is 18.7 Å². The van der Waals surface area contributed by atoms with Gasteiger partial charge in [-0.3, -0.25) is 10.3 Å². The normalized spacial score (nSPS) is 11.4. The van der Waals surface area contributed by atoms with Crippen LogP contribution in [0, 0.1) is 0 Å². The van der Waals surface area contributed by atoms with Crippen LogP contribution < -0.4 is 5.48 Å². The molecule has 1 N–H and O–H groups in total. The second-order valence-electron chi connectivity index (χ2n) is 4.98. The Balaban J connectivity index is 2.08. The Morgan fingerprint density at radius 1 is 1.13 bits per heavy atom. The van der Waals surface area contributed by atoms with Gasteiger partial charge >= 0.3 is 0 Å². The smallest absolute Gasteiger partial charge is 0.0743 e. The van der Waals surface area contributed by atoms with Gasteiger partial charge in [-0.25, -0.2) is 0 Å². The number of nitrogens with one attached hydrogen (secondary N) is 1. The second-order valence-corrected chi connectivity index (χ2v) is 10.6. The van der Waals surface area contributed by atoms with Crippen molar-refractivity contribution in [2.75, 3.05) is 12.1 Å². The lowest BCUT2D eigenvalue weighted by Gasteiger charge is -2.15. The Labute approximate surface area is 93.6 Å². The molecule has 0 amide bonds. The number of hydrogen-bond donors (Lipinski definition) is 1. The zero-order chi connectivity index (χ0) is 11.1. The molecule has 0 aromatic heterocycles. The molecule has 0 spiro atoms. The molecule has 0 fully saturated rings. The SMILES string of the molecule is C[Si](C)(C)CCCONc1ccccc1. The standard InChI is InChI=1S/C12H21NOSi/c1-15(2,3)11-7-10-14-13-12-8-5-4-6-9-12/h4-6,8-9,13H,7,10-11H2,1-3H3. The van der Waals surface area contributed by atoms with Crippen molar-refractivity contribution in [3.63, 3.8) is 0 Å². The zero-order valence-corrected chi connectivity index (χ0v) is 10.9. The third-order valence-electron chi connectivity index (χ3n) is 2.14. The molecular formula is C12H21NOSi. The highest BCUT2D eigenvalue weighted by Gasteiger charge is 2.11. The molecule has 0 aliphatic carbocycles. The van der Waals surface area contributed by atoms with E-state index in [-0.39, 0.29) is 0 Å². The Kier molecular flexibility index (Phi) is 4.85. The van der Waals surface area contributed by atoms with E-state index in [1.807, 2.05) is 30.3 Å². The molecule has 0 aliphatic heterocycles. The summed E-state index contributed by atoms with van der Waals surface area (Å²) in [5.41, 5.74) is 3.97. The average Bonchev–Trinajstić information content (AvgIpc) is 2.17. The molecule has 84 valence electrons. The van der Waals surface area contributed by atoms with Crippen molar-refractivity contribution in [2.45, 2.75) is 32.1 Å². The van der Waals surface area contributed by atoms with Gasteiger partial charge < -0.3 is 0 Å². The lowest BCUT2D eigenvalue weighted by Crippen LogP contribution is -2.20. The summed E-state index contributed by atoms with van der Waals surface area (Å²) in [6, 6.07) is 11.3. The molecule has 2 nitrogen and oxygen atoms in total. The van der Waals surface area contributed by atoms with Gasteiger partial charge in [0.05, 0.1) is 12.3 Å². The maximum Gasteiger partial charge on any atom is 0.0743 e. The number of hydrogen-bond acceptors (Lipinski definition) is 2. The van der Waals surface area contributed by atoms with E-state index in [1.165, 1.54) is 6.04 Å². The predicted octanol–water partition coefficient (Wildman–Crippen LogP) is 3.76. The molecule has 15 heavy (non-hydrogen) atoms. The minimum Gasteiger partial charge on any atom is -0.276 e. The molecule has 0 saturated carbocycles. The minimum absolute atomic E-state index is 0.791. The van der Waals surface area contributed by atoms with E-state index in [0.29, 0.717) is 0 Å². The first-order valence-electron chi connectivity index (χ1n) is 5.51. The van der Waals surface area contributed by atoms with E-state index in [4.69, 9.17) is 4.84 Å². The number of rotatable bonds is 6. The summed E-state index contributed by atoms with van der Waals surface area (Å²) in [5.74, 6) is 0. The van der Waals surface area contributed by atoms with Crippen molar-refractivity contribution in [3.05, 3.63) is 30.3 Å². The van der Waals surface area contributed by atoms with Gasteiger partial charge in [-0.05, 0) is 18.6 Å². The molecule has 0 atom stereocenters. The largest absolute Gasteiger partial charge is 0.276 e. The van der Waals surface area contributed by atoms with Crippen LogP contribution in [0.5, 0.6) is 0 Å². The van der Waals surface area contributed by atoms with Crippen LogP contribution in [0.1, 0.15) is 6.42 Å². The van der Waals surface area contributed by atoms with Gasteiger partial charge in [-0.2, -0.15) is 0 Å². The van der Waals surface area contributed by atoms with Gasteiger partial charge in [-0.15, -0.1) is 0 Å². The van der Waals surface area contributed by atoms with Crippen LogP contribution >= 0.6 is 0 Å². The first-order chi connectivity index (χ1) is 7.08. The fourth-order valence-electron chi connectivity index (χ4n) is 1.32. The van der Waals surface area contributed by atoms with Crippen LogP contribution in [-0.4, -0.2) is 14.7 Å². The number of anilines is 1. The Morgan fingerprint density at radius 2 is 1.80 bits per heavy atom. The highest BCUT2D eigenvalue weighted by Crippen LogP contribution is 2.11. The van der Waals surface area contributed by atoms with Gasteiger partial charge in [0, 0.05) is 8.07 Å². The van der Waals surface area contributed by atoms with E-state index in [1.54, 1.807) is 0 Å². The molecule has 1 rings (SSSR count). The van der Waals surface area contributed by atoms with Crippen LogP contribution in [0.4, 0.5) is 5.69 Å². The summed E-state index contributed by atoms with van der Waals surface area (Å²) in [7, 11) is -0.894. The first-order valence-corrected chi connectivity index (χ1v) is 9.21. The summed E-state index contributed by atoms with van der Waals surface area (Å²) < 4.78 is 0. The van der Waals surface area contributed by atoms with E-state index in [9.17, 15) is 0 Å². The minimum atomic E-state index is -0.894. The van der Waals surface area contributed by atoms with Crippen molar-refractivity contribution in [3.8, 4) is 0 Å². The maximum absolute atomic E-state index is 5.39. The molecule has 1 aromatic carbocycles. The van der Waals surface area contributed by atoms with Crippen LogP contribution in [0.25, 0.3) is 0 Å². The first kappa shape index (κ1) is 12.3. The van der Waals surface area contributed by atoms with Crippen LogP contribution in [0.3, 0.4) is 0 Å². The summed E-state index contributed by atoms with van der Waals surface area (Å²) in [6.07, 6.45) is 1.15. The fraction of sp³-hybridized carbons (Fsp3) is 0.500. The molecule has 0 saturated heterocycles. The van der Waals surface area contributed by atoms with Crippen LogP contribution in [-0.2, 0) is 4.84 Å². The summed E-state index contributed by atoms with van der Waals surface area (Å²) >= 11 is 0. The van der Waals surface area contributed by atoms with Crippen LogP contribution in [0.15, 0.2) is 30.3 Å². The second kappa shape index (κ2) is 5.93. The third kappa shape index (κ3) is 6.31. The number of benzene rings is 1. The molecule has 0 bridgehead atoms. The van der Waals surface area contributed by atoms with Gasteiger partial charge in [0.2, 0.25) is 0 Å². The van der Waals surface area contributed by atoms with Gasteiger partial charge in [0.15, 0.2) is 0 Å². The maximum atomic E-state index is 5.39. The van der Waals surface area contributed by atoms with E-state index in [2.05, 4.69) is 25.1 Å². The molecule has 3 heteroatoms. The van der Waals surface area contributed by atoms with Crippen molar-refractivity contribution in [1.82, 2.24) is 0 Å². The lowest BCUT2D eigenvalue weighted by atomic mass is 10.3. The molecular weight excluding hydrogens is 202 g/mol. The predicted molar refractivity (Wildman–Crippen MR) is 68.8 cm³/mol. The molecule has 1 aromatic rings. The Bertz CT molecular complexity index is 269. The van der Waals surface area contributed by atoms with Crippen molar-refractivity contribution >= 4 is 13.8 Å².